The Morgan fingerprint density at radius 2 is 1.48 bits per heavy atom. The second-order valence-electron chi connectivity index (χ2n) is 5.11. The molecule has 3 aromatic carbocycles. The molecule has 0 unspecified atom stereocenters. The Morgan fingerprint density at radius 1 is 0.826 bits per heavy atom. The van der Waals surface area contributed by atoms with E-state index in [0.29, 0.717) is 0 Å². The molecule has 118 valence electrons. The van der Waals surface area contributed by atoms with Gasteiger partial charge in [-0.15, -0.1) is 0 Å². The molecule has 0 aliphatic rings. The van der Waals surface area contributed by atoms with Gasteiger partial charge in [-0.05, 0) is 40.6 Å². The Bertz CT molecular complexity index is 951. The van der Waals surface area contributed by atoms with Gasteiger partial charge in [-0.1, -0.05) is 30.3 Å². The first-order chi connectivity index (χ1) is 10.9. The zero-order valence-electron chi connectivity index (χ0n) is 12.0. The maximum absolute atomic E-state index is 13.1. The van der Waals surface area contributed by atoms with Crippen LogP contribution in [0.25, 0.3) is 10.8 Å². The van der Waals surface area contributed by atoms with Gasteiger partial charge in [0, 0.05) is 12.6 Å². The molecule has 0 saturated heterocycles. The minimum absolute atomic E-state index is 0.105. The highest BCUT2D eigenvalue weighted by Crippen LogP contribution is 2.19. The van der Waals surface area contributed by atoms with Crippen LogP contribution in [0.1, 0.15) is 5.56 Å². The zero-order valence-corrected chi connectivity index (χ0v) is 12.8. The van der Waals surface area contributed by atoms with E-state index in [0.717, 1.165) is 29.0 Å². The molecule has 0 saturated carbocycles. The van der Waals surface area contributed by atoms with E-state index >= 15 is 0 Å². The fourth-order valence-corrected chi connectivity index (χ4v) is 3.36. The summed E-state index contributed by atoms with van der Waals surface area (Å²) in [5.41, 5.74) is 0.215. The van der Waals surface area contributed by atoms with Crippen molar-refractivity contribution in [2.45, 2.75) is 11.4 Å². The first-order valence-electron chi connectivity index (χ1n) is 6.87. The summed E-state index contributed by atoms with van der Waals surface area (Å²) in [5.74, 6) is -1.49. The van der Waals surface area contributed by atoms with Crippen molar-refractivity contribution in [1.82, 2.24) is 4.72 Å². The quantitative estimate of drug-likeness (QED) is 0.793. The highest BCUT2D eigenvalue weighted by molar-refractivity contribution is 7.89. The number of sulfonamides is 1. The van der Waals surface area contributed by atoms with E-state index < -0.39 is 21.7 Å². The van der Waals surface area contributed by atoms with Gasteiger partial charge in [0.05, 0.1) is 4.90 Å². The predicted octanol–water partition coefficient (Wildman–Crippen LogP) is 3.60. The third-order valence-electron chi connectivity index (χ3n) is 3.42. The molecule has 0 radical (unpaired) electrons. The Morgan fingerprint density at radius 3 is 2.17 bits per heavy atom. The summed E-state index contributed by atoms with van der Waals surface area (Å²) in [6.45, 7) is -0.191. The smallest absolute Gasteiger partial charge is 0.207 e. The zero-order chi connectivity index (χ0) is 16.4. The van der Waals surface area contributed by atoms with Gasteiger partial charge < -0.3 is 0 Å². The molecule has 0 aromatic heterocycles. The summed E-state index contributed by atoms with van der Waals surface area (Å²) in [6, 6.07) is 15.1. The molecule has 0 spiro atoms. The Balaban J connectivity index is 1.85. The summed E-state index contributed by atoms with van der Waals surface area (Å²) in [4.78, 5) is 0.105. The van der Waals surface area contributed by atoms with Crippen LogP contribution in [0.3, 0.4) is 0 Å². The second-order valence-corrected chi connectivity index (χ2v) is 6.88. The first-order valence-corrected chi connectivity index (χ1v) is 8.36. The van der Waals surface area contributed by atoms with Crippen LogP contribution >= 0.6 is 0 Å². The molecule has 0 fully saturated rings. The van der Waals surface area contributed by atoms with Gasteiger partial charge in [-0.3, -0.25) is 0 Å². The molecular weight excluding hydrogens is 320 g/mol. The lowest BCUT2D eigenvalue weighted by atomic mass is 10.1. The predicted molar refractivity (Wildman–Crippen MR) is 84.3 cm³/mol. The Hall–Kier alpha value is -2.31. The molecule has 1 N–H and O–H groups in total. The molecule has 0 bridgehead atoms. The molecule has 3 aromatic rings. The second kappa shape index (κ2) is 6.06. The summed E-state index contributed by atoms with van der Waals surface area (Å²) < 4.78 is 53.2. The number of rotatable bonds is 4. The number of hydrogen-bond acceptors (Lipinski definition) is 2. The molecular formula is C17H13F2NO2S. The topological polar surface area (TPSA) is 46.2 Å². The number of fused-ring (bicyclic) bond motifs is 1. The number of halogens is 2. The molecule has 3 rings (SSSR count). The number of nitrogens with one attached hydrogen (secondary N) is 1. The first kappa shape index (κ1) is 15.6. The van der Waals surface area contributed by atoms with Crippen molar-refractivity contribution in [2.75, 3.05) is 0 Å². The maximum atomic E-state index is 13.1. The number of benzene rings is 3. The molecule has 0 aliphatic carbocycles. The van der Waals surface area contributed by atoms with Crippen LogP contribution in [0.15, 0.2) is 65.6 Å². The third-order valence-corrected chi connectivity index (χ3v) is 4.82. The van der Waals surface area contributed by atoms with Crippen LogP contribution < -0.4 is 4.72 Å². The largest absolute Gasteiger partial charge is 0.240 e. The Kier molecular flexibility index (Phi) is 4.11. The fourth-order valence-electron chi connectivity index (χ4n) is 2.31. The van der Waals surface area contributed by atoms with Crippen LogP contribution in [0, 0.1) is 11.6 Å². The van der Waals surface area contributed by atoms with Crippen LogP contribution in [0.4, 0.5) is 8.78 Å². The molecule has 6 heteroatoms. The van der Waals surface area contributed by atoms with E-state index in [1.54, 1.807) is 12.1 Å². The maximum Gasteiger partial charge on any atom is 0.240 e. The average molecular weight is 333 g/mol. The molecule has 0 amide bonds. The highest BCUT2D eigenvalue weighted by Gasteiger charge is 2.14. The van der Waals surface area contributed by atoms with Crippen molar-refractivity contribution in [3.8, 4) is 0 Å². The van der Waals surface area contributed by atoms with E-state index in [2.05, 4.69) is 4.72 Å². The van der Waals surface area contributed by atoms with Crippen molar-refractivity contribution in [1.29, 1.82) is 0 Å². The summed E-state index contributed by atoms with van der Waals surface area (Å²) in [6.07, 6.45) is 0. The summed E-state index contributed by atoms with van der Waals surface area (Å²) >= 11 is 0. The van der Waals surface area contributed by atoms with Gasteiger partial charge >= 0.3 is 0 Å². The standard InChI is InChI=1S/C17H13F2NO2S/c18-15-7-12(8-16(19)10-15)11-20-23(21,22)17-6-5-13-3-1-2-4-14(13)9-17/h1-10,20H,11H2. The average Bonchev–Trinajstić information content (AvgIpc) is 2.52. The van der Waals surface area contributed by atoms with Crippen LogP contribution in [-0.2, 0) is 16.6 Å². The lowest BCUT2D eigenvalue weighted by Crippen LogP contribution is -2.23. The van der Waals surface area contributed by atoms with Gasteiger partial charge in [-0.25, -0.2) is 21.9 Å². The van der Waals surface area contributed by atoms with E-state index in [1.807, 2.05) is 24.3 Å². The van der Waals surface area contributed by atoms with Crippen molar-refractivity contribution < 1.29 is 17.2 Å². The van der Waals surface area contributed by atoms with Crippen LogP contribution in [0.5, 0.6) is 0 Å². The SMILES string of the molecule is O=S(=O)(NCc1cc(F)cc(F)c1)c1ccc2ccccc2c1. The van der Waals surface area contributed by atoms with Gasteiger partial charge in [0.2, 0.25) is 10.0 Å². The minimum atomic E-state index is -3.77. The third kappa shape index (κ3) is 3.55. The molecule has 23 heavy (non-hydrogen) atoms. The number of hydrogen-bond donors (Lipinski definition) is 1. The van der Waals surface area contributed by atoms with E-state index in [4.69, 9.17) is 0 Å². The molecule has 0 atom stereocenters. The van der Waals surface area contributed by atoms with E-state index in [9.17, 15) is 17.2 Å². The van der Waals surface area contributed by atoms with Crippen molar-refractivity contribution in [3.05, 3.63) is 77.9 Å². The van der Waals surface area contributed by atoms with Gasteiger partial charge in [0.15, 0.2) is 0 Å². The summed E-state index contributed by atoms with van der Waals surface area (Å²) in [5, 5.41) is 1.73. The van der Waals surface area contributed by atoms with Crippen molar-refractivity contribution in [3.63, 3.8) is 0 Å². The minimum Gasteiger partial charge on any atom is -0.207 e. The lowest BCUT2D eigenvalue weighted by Gasteiger charge is -2.08. The molecule has 0 heterocycles. The highest BCUT2D eigenvalue weighted by atomic mass is 32.2. The fraction of sp³-hybridized carbons (Fsp3) is 0.0588. The van der Waals surface area contributed by atoms with Gasteiger partial charge in [-0.2, -0.15) is 0 Å². The molecule has 3 nitrogen and oxygen atoms in total. The Labute approximate surface area is 132 Å². The van der Waals surface area contributed by atoms with Gasteiger partial charge in [0.1, 0.15) is 11.6 Å². The van der Waals surface area contributed by atoms with Gasteiger partial charge in [0.25, 0.3) is 0 Å². The normalized spacial score (nSPS) is 11.7. The van der Waals surface area contributed by atoms with Crippen molar-refractivity contribution in [2.24, 2.45) is 0 Å². The molecule has 0 aliphatic heterocycles. The van der Waals surface area contributed by atoms with Crippen LogP contribution in [-0.4, -0.2) is 8.42 Å². The monoisotopic (exact) mass is 333 g/mol. The van der Waals surface area contributed by atoms with E-state index in [-0.39, 0.29) is 17.0 Å². The van der Waals surface area contributed by atoms with E-state index in [1.165, 1.54) is 6.07 Å². The van der Waals surface area contributed by atoms with Crippen molar-refractivity contribution >= 4 is 20.8 Å². The lowest BCUT2D eigenvalue weighted by molar-refractivity contribution is 0.571. The summed E-state index contributed by atoms with van der Waals surface area (Å²) in [7, 11) is -3.77. The van der Waals surface area contributed by atoms with Crippen LogP contribution in [0.2, 0.25) is 0 Å².